The van der Waals surface area contributed by atoms with E-state index in [0.29, 0.717) is 29.9 Å². The van der Waals surface area contributed by atoms with Crippen LogP contribution in [0.3, 0.4) is 0 Å². The van der Waals surface area contributed by atoms with Crippen molar-refractivity contribution < 1.29 is 13.2 Å². The number of carbonyl (C=O) groups is 1. The zero-order valence-corrected chi connectivity index (χ0v) is 16.2. The lowest BCUT2D eigenvalue weighted by Gasteiger charge is -2.26. The summed E-state index contributed by atoms with van der Waals surface area (Å²) in [5.41, 5.74) is 1.50. The Balaban J connectivity index is 1.60. The lowest BCUT2D eigenvalue weighted by atomic mass is 10.1. The number of para-hydroxylation sites is 1. The fourth-order valence-corrected chi connectivity index (χ4v) is 5.04. The minimum atomic E-state index is -3.55. The fourth-order valence-electron chi connectivity index (χ4n) is 3.47. The van der Waals surface area contributed by atoms with Gasteiger partial charge in [0, 0.05) is 30.4 Å². The molecule has 1 fully saturated rings. The molecular formula is C21H21N3O3S. The number of amides is 1. The molecule has 0 aliphatic carbocycles. The molecule has 0 radical (unpaired) electrons. The first kappa shape index (κ1) is 18.6. The van der Waals surface area contributed by atoms with Crippen LogP contribution in [0.4, 0.5) is 5.69 Å². The number of benzene rings is 2. The van der Waals surface area contributed by atoms with Crippen molar-refractivity contribution in [3.05, 3.63) is 66.4 Å². The van der Waals surface area contributed by atoms with Crippen LogP contribution >= 0.6 is 0 Å². The summed E-state index contributed by atoms with van der Waals surface area (Å²) in [6, 6.07) is 15.5. The maximum absolute atomic E-state index is 12.9. The number of nitrogens with zero attached hydrogens (tertiary/aromatic N) is 2. The SMILES string of the molecule is O=C(Nc1cccc(S(=O)(=O)N2CCCCC2)c1)c1cccc2cccnc12. The van der Waals surface area contributed by atoms with Crippen LogP contribution < -0.4 is 5.32 Å². The summed E-state index contributed by atoms with van der Waals surface area (Å²) in [6.45, 7) is 1.08. The first-order chi connectivity index (χ1) is 13.6. The van der Waals surface area contributed by atoms with E-state index in [0.717, 1.165) is 24.6 Å². The average Bonchev–Trinajstić information content (AvgIpc) is 2.74. The number of hydrogen-bond acceptors (Lipinski definition) is 4. The summed E-state index contributed by atoms with van der Waals surface area (Å²) in [5, 5.41) is 3.68. The maximum atomic E-state index is 12.9. The van der Waals surface area contributed by atoms with Crippen LogP contribution in [0.25, 0.3) is 10.9 Å². The van der Waals surface area contributed by atoms with E-state index in [-0.39, 0.29) is 10.8 Å². The van der Waals surface area contributed by atoms with E-state index in [2.05, 4.69) is 10.3 Å². The van der Waals surface area contributed by atoms with Crippen molar-refractivity contribution in [3.63, 3.8) is 0 Å². The number of aromatic nitrogens is 1. The molecule has 1 aliphatic rings. The molecule has 0 spiro atoms. The smallest absolute Gasteiger partial charge is 0.257 e. The van der Waals surface area contributed by atoms with E-state index in [1.165, 1.54) is 10.4 Å². The van der Waals surface area contributed by atoms with Crippen LogP contribution in [0.5, 0.6) is 0 Å². The number of sulfonamides is 1. The Morgan fingerprint density at radius 2 is 1.71 bits per heavy atom. The molecule has 0 atom stereocenters. The summed E-state index contributed by atoms with van der Waals surface area (Å²) < 4.78 is 27.3. The lowest BCUT2D eigenvalue weighted by Crippen LogP contribution is -2.35. The molecule has 6 nitrogen and oxygen atoms in total. The van der Waals surface area contributed by atoms with E-state index in [1.54, 1.807) is 36.5 Å². The molecule has 28 heavy (non-hydrogen) atoms. The summed E-state index contributed by atoms with van der Waals surface area (Å²) in [5.74, 6) is -0.322. The summed E-state index contributed by atoms with van der Waals surface area (Å²) in [6.07, 6.45) is 4.46. The highest BCUT2D eigenvalue weighted by Gasteiger charge is 2.26. The molecule has 2 heterocycles. The molecule has 1 aromatic heterocycles. The van der Waals surface area contributed by atoms with Gasteiger partial charge in [0.25, 0.3) is 5.91 Å². The molecule has 1 aliphatic heterocycles. The number of piperidine rings is 1. The van der Waals surface area contributed by atoms with E-state index in [1.807, 2.05) is 18.2 Å². The van der Waals surface area contributed by atoms with Crippen LogP contribution in [-0.4, -0.2) is 36.7 Å². The van der Waals surface area contributed by atoms with Crippen LogP contribution in [-0.2, 0) is 10.0 Å². The second-order valence-corrected chi connectivity index (χ2v) is 8.77. The largest absolute Gasteiger partial charge is 0.322 e. The third-order valence-electron chi connectivity index (χ3n) is 4.92. The standard InChI is InChI=1S/C21H21N3O3S/c25-21(19-11-4-7-16-8-6-12-22-20(16)19)23-17-9-5-10-18(15-17)28(26,27)24-13-2-1-3-14-24/h4-12,15H,1-3,13-14H2,(H,23,25). The van der Waals surface area contributed by atoms with Gasteiger partial charge in [0.15, 0.2) is 0 Å². The third-order valence-corrected chi connectivity index (χ3v) is 6.82. The number of fused-ring (bicyclic) bond motifs is 1. The van der Waals surface area contributed by atoms with Gasteiger partial charge in [-0.1, -0.05) is 30.7 Å². The van der Waals surface area contributed by atoms with Gasteiger partial charge in [0.2, 0.25) is 10.0 Å². The number of carbonyl (C=O) groups excluding carboxylic acids is 1. The van der Waals surface area contributed by atoms with Gasteiger partial charge < -0.3 is 5.32 Å². The highest BCUT2D eigenvalue weighted by atomic mass is 32.2. The quantitative estimate of drug-likeness (QED) is 0.731. The highest BCUT2D eigenvalue weighted by Crippen LogP contribution is 2.24. The van der Waals surface area contributed by atoms with Crippen molar-refractivity contribution in [2.24, 2.45) is 0 Å². The van der Waals surface area contributed by atoms with Gasteiger partial charge in [0.05, 0.1) is 16.0 Å². The first-order valence-electron chi connectivity index (χ1n) is 9.31. The molecule has 7 heteroatoms. The van der Waals surface area contributed by atoms with E-state index < -0.39 is 10.0 Å². The molecule has 0 unspecified atom stereocenters. The van der Waals surface area contributed by atoms with E-state index in [4.69, 9.17) is 0 Å². The minimum absolute atomic E-state index is 0.197. The van der Waals surface area contributed by atoms with Crippen molar-refractivity contribution >= 4 is 32.5 Å². The van der Waals surface area contributed by atoms with Gasteiger partial charge in [0.1, 0.15) is 0 Å². The number of anilines is 1. The van der Waals surface area contributed by atoms with E-state index in [9.17, 15) is 13.2 Å². The Labute approximate surface area is 164 Å². The molecule has 0 bridgehead atoms. The fraction of sp³-hybridized carbons (Fsp3) is 0.238. The molecule has 0 saturated carbocycles. The molecule has 1 saturated heterocycles. The predicted octanol–water partition coefficient (Wildman–Crippen LogP) is 3.66. The molecule has 1 N–H and O–H groups in total. The van der Waals surface area contributed by atoms with Crippen molar-refractivity contribution in [2.75, 3.05) is 18.4 Å². The monoisotopic (exact) mass is 395 g/mol. The maximum Gasteiger partial charge on any atom is 0.257 e. The topological polar surface area (TPSA) is 79.4 Å². The predicted molar refractivity (Wildman–Crippen MR) is 109 cm³/mol. The lowest BCUT2D eigenvalue weighted by molar-refractivity contribution is 0.102. The summed E-state index contributed by atoms with van der Waals surface area (Å²) in [7, 11) is -3.55. The number of nitrogens with one attached hydrogen (secondary N) is 1. The van der Waals surface area contributed by atoms with E-state index >= 15 is 0 Å². The minimum Gasteiger partial charge on any atom is -0.322 e. The third kappa shape index (κ3) is 3.63. The van der Waals surface area contributed by atoms with Crippen molar-refractivity contribution in [2.45, 2.75) is 24.2 Å². The van der Waals surface area contributed by atoms with Crippen molar-refractivity contribution in [1.82, 2.24) is 9.29 Å². The molecule has 144 valence electrons. The highest BCUT2D eigenvalue weighted by molar-refractivity contribution is 7.89. The molecule has 2 aromatic carbocycles. The average molecular weight is 395 g/mol. The van der Waals surface area contributed by atoms with Crippen LogP contribution in [0.2, 0.25) is 0 Å². The molecule has 3 aromatic rings. The van der Waals surface area contributed by atoms with Gasteiger partial charge in [-0.25, -0.2) is 8.42 Å². The van der Waals surface area contributed by atoms with Crippen molar-refractivity contribution in [3.8, 4) is 0 Å². The van der Waals surface area contributed by atoms with Crippen LogP contribution in [0, 0.1) is 0 Å². The second-order valence-electron chi connectivity index (χ2n) is 6.83. The zero-order valence-electron chi connectivity index (χ0n) is 15.3. The normalized spacial score (nSPS) is 15.4. The Bertz CT molecular complexity index is 1120. The Morgan fingerprint density at radius 3 is 2.54 bits per heavy atom. The summed E-state index contributed by atoms with van der Waals surface area (Å²) in [4.78, 5) is 17.3. The molecular weight excluding hydrogens is 374 g/mol. The van der Waals surface area contributed by atoms with Gasteiger partial charge in [-0.3, -0.25) is 9.78 Å². The number of hydrogen-bond donors (Lipinski definition) is 1. The van der Waals surface area contributed by atoms with Gasteiger partial charge in [-0.2, -0.15) is 4.31 Å². The van der Waals surface area contributed by atoms with Gasteiger partial charge in [-0.05, 0) is 43.2 Å². The van der Waals surface area contributed by atoms with Crippen LogP contribution in [0.1, 0.15) is 29.6 Å². The second kappa shape index (κ2) is 7.69. The Hall–Kier alpha value is -2.77. The zero-order chi connectivity index (χ0) is 19.6. The summed E-state index contributed by atoms with van der Waals surface area (Å²) >= 11 is 0. The Kier molecular flexibility index (Phi) is 5.11. The van der Waals surface area contributed by atoms with Gasteiger partial charge in [-0.15, -0.1) is 0 Å². The first-order valence-corrected chi connectivity index (χ1v) is 10.7. The van der Waals surface area contributed by atoms with Gasteiger partial charge >= 0.3 is 0 Å². The molecule has 4 rings (SSSR count). The number of rotatable bonds is 4. The Morgan fingerprint density at radius 1 is 0.964 bits per heavy atom. The van der Waals surface area contributed by atoms with Crippen molar-refractivity contribution in [1.29, 1.82) is 0 Å². The molecule has 1 amide bonds. The number of pyridine rings is 1. The van der Waals surface area contributed by atoms with Crippen LogP contribution in [0.15, 0.2) is 65.7 Å².